The molecule has 2 aromatic rings. The number of phenols is 1. The first-order valence-electron chi connectivity index (χ1n) is 6.03. The highest BCUT2D eigenvalue weighted by atomic mass is 19.4. The minimum atomic E-state index is -6.15. The van der Waals surface area contributed by atoms with Gasteiger partial charge in [-0.3, -0.25) is 0 Å². The fourth-order valence-electron chi connectivity index (χ4n) is 1.68. The van der Waals surface area contributed by atoms with Crippen molar-refractivity contribution in [1.29, 1.82) is 0 Å². The number of hydrogen-bond donors (Lipinski definition) is 1. The van der Waals surface area contributed by atoms with Gasteiger partial charge < -0.3 is 5.11 Å². The number of halogens is 8. The Morgan fingerprint density at radius 1 is 0.792 bits per heavy atom. The Morgan fingerprint density at radius 2 is 1.33 bits per heavy atom. The van der Waals surface area contributed by atoms with Crippen LogP contribution in [0.1, 0.15) is 11.4 Å². The average Bonchev–Trinajstić information content (AvgIpc) is 2.45. The van der Waals surface area contributed by atoms with Crippen molar-refractivity contribution in [1.82, 2.24) is 9.97 Å². The Balaban J connectivity index is 2.75. The molecule has 1 aromatic heterocycles. The van der Waals surface area contributed by atoms with Crippen LogP contribution in [-0.4, -0.2) is 21.3 Å². The van der Waals surface area contributed by atoms with E-state index in [2.05, 4.69) is 9.97 Å². The zero-order chi connectivity index (χ0) is 18.3. The molecule has 0 saturated carbocycles. The Hall–Kier alpha value is -2.46. The monoisotopic (exact) mass is 358 g/mol. The van der Waals surface area contributed by atoms with Gasteiger partial charge in [0.2, 0.25) is 0 Å². The molecule has 1 N–H and O–H groups in total. The lowest BCUT2D eigenvalue weighted by Crippen LogP contribution is -2.35. The second kappa shape index (κ2) is 5.56. The van der Waals surface area contributed by atoms with E-state index >= 15 is 0 Å². The van der Waals surface area contributed by atoms with E-state index in [0.717, 1.165) is 12.1 Å². The minimum absolute atomic E-state index is 0.475. The van der Waals surface area contributed by atoms with Crippen LogP contribution in [0.4, 0.5) is 35.1 Å². The molecule has 0 bridgehead atoms. The predicted molar refractivity (Wildman–Crippen MR) is 64.1 cm³/mol. The first-order chi connectivity index (χ1) is 10.8. The fourth-order valence-corrected chi connectivity index (χ4v) is 1.68. The van der Waals surface area contributed by atoms with Gasteiger partial charge in [0.25, 0.3) is 0 Å². The summed E-state index contributed by atoms with van der Waals surface area (Å²) in [5.41, 5.74) is -4.69. The van der Waals surface area contributed by atoms with Crippen LogP contribution in [-0.2, 0) is 12.1 Å². The topological polar surface area (TPSA) is 46.0 Å². The number of nitrogens with zero attached hydrogens (tertiary/aromatic N) is 2. The molecule has 0 unspecified atom stereocenters. The fraction of sp³-hybridized carbons (Fsp3) is 0.231. The molecule has 0 atom stereocenters. The Bertz CT molecular complexity index is 754. The van der Waals surface area contributed by atoms with Gasteiger partial charge in [-0.1, -0.05) is 12.1 Å². The largest absolute Gasteiger partial charge is 0.507 e. The zero-order valence-electron chi connectivity index (χ0n) is 11.3. The van der Waals surface area contributed by atoms with Gasteiger partial charge >= 0.3 is 18.3 Å². The van der Waals surface area contributed by atoms with Crippen LogP contribution in [0.5, 0.6) is 5.75 Å². The van der Waals surface area contributed by atoms with Gasteiger partial charge in [0.15, 0.2) is 5.82 Å². The summed E-state index contributed by atoms with van der Waals surface area (Å²) in [7, 11) is 0. The Morgan fingerprint density at radius 3 is 1.83 bits per heavy atom. The maximum Gasteiger partial charge on any atom is 0.459 e. The van der Waals surface area contributed by atoms with Crippen LogP contribution < -0.4 is 0 Å². The summed E-state index contributed by atoms with van der Waals surface area (Å²) in [6.45, 7) is 0. The van der Waals surface area contributed by atoms with E-state index in [9.17, 15) is 40.2 Å². The number of aromatic nitrogens is 2. The molecular weight excluding hydrogens is 352 g/mol. The molecule has 0 fully saturated rings. The summed E-state index contributed by atoms with van der Waals surface area (Å²) in [5.74, 6) is -7.42. The Kier molecular flexibility index (Phi) is 4.15. The van der Waals surface area contributed by atoms with E-state index < -0.39 is 52.9 Å². The first kappa shape index (κ1) is 17.9. The number of aromatic hydroxyl groups is 1. The van der Waals surface area contributed by atoms with E-state index in [1.165, 1.54) is 12.1 Å². The SMILES string of the molecule is Oc1ccccc1-c1nc(C(F)(F)F)cc(C(F)(F)C(F)(F)F)n1. The highest BCUT2D eigenvalue weighted by Crippen LogP contribution is 2.44. The van der Waals surface area contributed by atoms with Crippen molar-refractivity contribution in [2.45, 2.75) is 18.3 Å². The molecule has 0 aliphatic heterocycles. The van der Waals surface area contributed by atoms with E-state index in [-0.39, 0.29) is 0 Å². The second-order valence-electron chi connectivity index (χ2n) is 4.55. The third-order valence-electron chi connectivity index (χ3n) is 2.84. The zero-order valence-corrected chi connectivity index (χ0v) is 11.3. The molecule has 24 heavy (non-hydrogen) atoms. The summed E-state index contributed by atoms with van der Waals surface area (Å²) in [5, 5.41) is 9.54. The normalized spacial score (nSPS) is 13.2. The lowest BCUT2D eigenvalue weighted by atomic mass is 10.1. The van der Waals surface area contributed by atoms with E-state index in [1.807, 2.05) is 0 Å². The number of benzene rings is 1. The van der Waals surface area contributed by atoms with Crippen LogP contribution in [0, 0.1) is 0 Å². The van der Waals surface area contributed by atoms with Crippen molar-refractivity contribution < 1.29 is 40.2 Å². The third-order valence-corrected chi connectivity index (χ3v) is 2.84. The van der Waals surface area contributed by atoms with Crippen molar-refractivity contribution >= 4 is 0 Å². The first-order valence-corrected chi connectivity index (χ1v) is 6.03. The van der Waals surface area contributed by atoms with Crippen molar-refractivity contribution in [3.63, 3.8) is 0 Å². The van der Waals surface area contributed by atoms with Gasteiger partial charge in [-0.15, -0.1) is 0 Å². The lowest BCUT2D eigenvalue weighted by molar-refractivity contribution is -0.291. The van der Waals surface area contributed by atoms with Crippen LogP contribution in [0.3, 0.4) is 0 Å². The van der Waals surface area contributed by atoms with Gasteiger partial charge in [0, 0.05) is 0 Å². The molecule has 1 heterocycles. The lowest BCUT2D eigenvalue weighted by Gasteiger charge is -2.20. The van der Waals surface area contributed by atoms with Crippen LogP contribution >= 0.6 is 0 Å². The summed E-state index contributed by atoms with van der Waals surface area (Å²) < 4.78 is 102. The molecule has 2 rings (SSSR count). The van der Waals surface area contributed by atoms with Gasteiger partial charge in [0.1, 0.15) is 17.1 Å². The quantitative estimate of drug-likeness (QED) is 0.803. The summed E-state index contributed by atoms with van der Waals surface area (Å²) in [6, 6.07) is 3.95. The molecule has 0 radical (unpaired) electrons. The molecule has 0 amide bonds. The summed E-state index contributed by atoms with van der Waals surface area (Å²) in [6.07, 6.45) is -11.4. The third kappa shape index (κ3) is 3.24. The van der Waals surface area contributed by atoms with Crippen molar-refractivity contribution in [2.24, 2.45) is 0 Å². The number of para-hydroxylation sites is 1. The highest BCUT2D eigenvalue weighted by molar-refractivity contribution is 5.63. The maximum absolute atomic E-state index is 13.4. The molecule has 0 aliphatic rings. The van der Waals surface area contributed by atoms with E-state index in [0.29, 0.717) is 0 Å². The summed E-state index contributed by atoms with van der Waals surface area (Å²) >= 11 is 0. The molecule has 130 valence electrons. The predicted octanol–water partition coefficient (Wildman–Crippen LogP) is 4.52. The number of rotatable bonds is 2. The number of phenolic OH excluding ortho intramolecular Hbond substituents is 1. The molecular formula is C13H6F8N2O. The number of hydrogen-bond acceptors (Lipinski definition) is 3. The van der Waals surface area contributed by atoms with Crippen LogP contribution in [0.15, 0.2) is 30.3 Å². The van der Waals surface area contributed by atoms with E-state index in [4.69, 9.17) is 0 Å². The molecule has 0 aliphatic carbocycles. The van der Waals surface area contributed by atoms with Crippen LogP contribution in [0.25, 0.3) is 11.4 Å². The second-order valence-corrected chi connectivity index (χ2v) is 4.55. The van der Waals surface area contributed by atoms with Gasteiger partial charge in [0.05, 0.1) is 5.56 Å². The molecule has 3 nitrogen and oxygen atoms in total. The summed E-state index contributed by atoms with van der Waals surface area (Å²) in [4.78, 5) is 5.81. The van der Waals surface area contributed by atoms with Gasteiger partial charge in [-0.2, -0.15) is 35.1 Å². The standard InChI is InChI=1S/C13H6F8N2O/c14-11(15,13(19,20)21)8-5-9(12(16,17)18)23-10(22-8)6-3-1-2-4-7(6)24/h1-5,24H. The van der Waals surface area contributed by atoms with Crippen molar-refractivity contribution in [2.75, 3.05) is 0 Å². The molecule has 0 saturated heterocycles. The Labute approximate surface area is 128 Å². The highest BCUT2D eigenvalue weighted by Gasteiger charge is 2.60. The molecule has 11 heteroatoms. The van der Waals surface area contributed by atoms with Crippen molar-refractivity contribution in [3.8, 4) is 17.1 Å². The van der Waals surface area contributed by atoms with Gasteiger partial charge in [-0.25, -0.2) is 9.97 Å². The minimum Gasteiger partial charge on any atom is -0.507 e. The number of alkyl halides is 8. The molecule has 1 aromatic carbocycles. The smallest absolute Gasteiger partial charge is 0.459 e. The average molecular weight is 358 g/mol. The van der Waals surface area contributed by atoms with Crippen molar-refractivity contribution in [3.05, 3.63) is 41.7 Å². The van der Waals surface area contributed by atoms with E-state index in [1.54, 1.807) is 0 Å². The van der Waals surface area contributed by atoms with Gasteiger partial charge in [-0.05, 0) is 18.2 Å². The van der Waals surface area contributed by atoms with Crippen LogP contribution in [0.2, 0.25) is 0 Å². The maximum atomic E-state index is 13.4. The molecule has 0 spiro atoms.